The van der Waals surface area contributed by atoms with Crippen LogP contribution in [-0.4, -0.2) is 36.4 Å². The van der Waals surface area contributed by atoms with E-state index in [-0.39, 0.29) is 12.7 Å². The lowest BCUT2D eigenvalue weighted by Gasteiger charge is -2.35. The summed E-state index contributed by atoms with van der Waals surface area (Å²) in [7, 11) is 0. The molecule has 1 fully saturated rings. The highest BCUT2D eigenvalue weighted by Crippen LogP contribution is 2.26. The van der Waals surface area contributed by atoms with Gasteiger partial charge >= 0.3 is 6.09 Å². The summed E-state index contributed by atoms with van der Waals surface area (Å²) in [6.45, 7) is 8.12. The first-order valence-electron chi connectivity index (χ1n) is 8.29. The molecule has 1 aromatic carbocycles. The van der Waals surface area contributed by atoms with Gasteiger partial charge in [-0.1, -0.05) is 18.2 Å². The smallest absolute Gasteiger partial charge is 0.407 e. The Morgan fingerprint density at radius 1 is 1.39 bits per heavy atom. The van der Waals surface area contributed by atoms with Gasteiger partial charge in [0, 0.05) is 30.9 Å². The number of carbonyl (C=O) groups excluding carboxylic acids is 1. The van der Waals surface area contributed by atoms with E-state index in [1.165, 1.54) is 0 Å². The number of ether oxygens (including phenoxy) is 1. The second kappa shape index (κ2) is 7.68. The summed E-state index contributed by atoms with van der Waals surface area (Å²) in [6.07, 6.45) is 1.82. The van der Waals surface area contributed by atoms with E-state index < -0.39 is 5.60 Å². The van der Waals surface area contributed by atoms with Crippen LogP contribution in [-0.2, 0) is 11.3 Å². The minimum Gasteiger partial charge on any atom is -0.444 e. The summed E-state index contributed by atoms with van der Waals surface area (Å²) >= 11 is 0. The fourth-order valence-corrected chi connectivity index (χ4v) is 2.95. The number of carbonyl (C=O) groups is 1. The van der Waals surface area contributed by atoms with Crippen LogP contribution in [0.25, 0.3) is 0 Å². The molecular weight excluding hydrogens is 292 g/mol. The van der Waals surface area contributed by atoms with Gasteiger partial charge in [0.25, 0.3) is 0 Å². The van der Waals surface area contributed by atoms with E-state index >= 15 is 0 Å². The highest BCUT2D eigenvalue weighted by Gasteiger charge is 2.23. The Bertz CT molecular complexity index is 525. The number of aliphatic hydroxyl groups excluding tert-OH is 1. The minimum absolute atomic E-state index is 0.0491. The zero-order chi connectivity index (χ0) is 16.9. The molecule has 1 aromatic rings. The van der Waals surface area contributed by atoms with Crippen molar-refractivity contribution in [2.24, 2.45) is 5.92 Å². The van der Waals surface area contributed by atoms with Crippen LogP contribution in [0.15, 0.2) is 24.3 Å². The number of nitrogens with zero attached hydrogens (tertiary/aromatic N) is 1. The topological polar surface area (TPSA) is 61.8 Å². The summed E-state index contributed by atoms with van der Waals surface area (Å²) in [5.41, 5.74) is 1.58. The van der Waals surface area contributed by atoms with Crippen molar-refractivity contribution in [3.8, 4) is 0 Å². The van der Waals surface area contributed by atoms with E-state index in [2.05, 4.69) is 16.3 Å². The summed E-state index contributed by atoms with van der Waals surface area (Å²) in [6, 6.07) is 7.95. The van der Waals surface area contributed by atoms with Gasteiger partial charge in [-0.05, 0) is 45.6 Å². The lowest BCUT2D eigenvalue weighted by molar-refractivity contribution is 0.0517. The number of piperidine rings is 1. The highest BCUT2D eigenvalue weighted by atomic mass is 16.6. The monoisotopic (exact) mass is 320 g/mol. The molecule has 0 unspecified atom stereocenters. The van der Waals surface area contributed by atoms with Gasteiger partial charge in [-0.15, -0.1) is 0 Å². The molecule has 1 aliphatic rings. The normalized spacial score (nSPS) is 18.6. The number of amides is 1. The van der Waals surface area contributed by atoms with Crippen molar-refractivity contribution in [1.29, 1.82) is 0 Å². The maximum absolute atomic E-state index is 11.8. The standard InChI is InChI=1S/C18H28N2O3/c1-18(2,3)23-17(22)19-11-14-7-6-10-20(12-14)16-9-5-4-8-15(16)13-21/h4-5,8-9,14,21H,6-7,10-13H2,1-3H3,(H,19,22)/t14-/m0/s1. The number of para-hydroxylation sites is 1. The maximum atomic E-state index is 11.8. The SMILES string of the molecule is CC(C)(C)OC(=O)NC[C@@H]1CCCN(c2ccccc2CO)C1. The fourth-order valence-electron chi connectivity index (χ4n) is 2.95. The van der Waals surface area contributed by atoms with Crippen molar-refractivity contribution in [3.05, 3.63) is 29.8 Å². The lowest BCUT2D eigenvalue weighted by atomic mass is 9.97. The van der Waals surface area contributed by atoms with Crippen molar-refractivity contribution in [2.45, 2.75) is 45.8 Å². The van der Waals surface area contributed by atoms with Gasteiger partial charge in [-0.3, -0.25) is 0 Å². The van der Waals surface area contributed by atoms with Crippen LogP contribution in [0.2, 0.25) is 0 Å². The number of benzene rings is 1. The molecule has 128 valence electrons. The molecule has 1 aliphatic heterocycles. The van der Waals surface area contributed by atoms with E-state index in [1.54, 1.807) is 0 Å². The average Bonchev–Trinajstić information content (AvgIpc) is 2.51. The van der Waals surface area contributed by atoms with E-state index in [9.17, 15) is 9.90 Å². The van der Waals surface area contributed by atoms with Gasteiger partial charge in [0.15, 0.2) is 0 Å². The molecule has 0 aromatic heterocycles. The maximum Gasteiger partial charge on any atom is 0.407 e. The number of rotatable bonds is 4. The number of anilines is 1. The summed E-state index contributed by atoms with van der Waals surface area (Å²) in [5, 5.41) is 12.4. The first kappa shape index (κ1) is 17.6. The molecule has 5 heteroatoms. The van der Waals surface area contributed by atoms with Crippen LogP contribution >= 0.6 is 0 Å². The van der Waals surface area contributed by atoms with E-state index in [4.69, 9.17) is 4.74 Å². The highest BCUT2D eigenvalue weighted by molar-refractivity contribution is 5.67. The largest absolute Gasteiger partial charge is 0.444 e. The molecule has 1 atom stereocenters. The van der Waals surface area contributed by atoms with Crippen LogP contribution in [0.1, 0.15) is 39.2 Å². The van der Waals surface area contributed by atoms with E-state index in [1.807, 2.05) is 39.0 Å². The van der Waals surface area contributed by atoms with Crippen molar-refractivity contribution in [2.75, 3.05) is 24.5 Å². The molecule has 0 bridgehead atoms. The Kier molecular flexibility index (Phi) is 5.88. The Morgan fingerprint density at radius 3 is 2.83 bits per heavy atom. The molecule has 1 amide bonds. The Hall–Kier alpha value is -1.75. The van der Waals surface area contributed by atoms with Gasteiger partial charge in [0.1, 0.15) is 5.60 Å². The van der Waals surface area contributed by atoms with Crippen LogP contribution in [0, 0.1) is 5.92 Å². The molecule has 1 saturated heterocycles. The van der Waals surface area contributed by atoms with Crippen molar-refractivity contribution in [3.63, 3.8) is 0 Å². The third-order valence-electron chi connectivity index (χ3n) is 3.96. The average molecular weight is 320 g/mol. The van der Waals surface area contributed by atoms with Crippen LogP contribution in [0.3, 0.4) is 0 Å². The second-order valence-electron chi connectivity index (χ2n) is 7.12. The van der Waals surface area contributed by atoms with Crippen LogP contribution in [0.4, 0.5) is 10.5 Å². The Morgan fingerprint density at radius 2 is 2.13 bits per heavy atom. The van der Waals surface area contributed by atoms with Gasteiger partial charge < -0.3 is 20.1 Å². The van der Waals surface area contributed by atoms with Crippen molar-refractivity contribution in [1.82, 2.24) is 5.32 Å². The minimum atomic E-state index is -0.469. The zero-order valence-corrected chi connectivity index (χ0v) is 14.3. The molecule has 0 radical (unpaired) electrons. The van der Waals surface area contributed by atoms with Crippen molar-refractivity contribution < 1.29 is 14.6 Å². The van der Waals surface area contributed by atoms with Crippen LogP contribution < -0.4 is 10.2 Å². The zero-order valence-electron chi connectivity index (χ0n) is 14.3. The number of alkyl carbamates (subject to hydrolysis) is 1. The first-order chi connectivity index (χ1) is 10.9. The van der Waals surface area contributed by atoms with Crippen molar-refractivity contribution >= 4 is 11.8 Å². The Balaban J connectivity index is 1.90. The third-order valence-corrected chi connectivity index (χ3v) is 3.96. The number of nitrogens with one attached hydrogen (secondary N) is 1. The van der Waals surface area contributed by atoms with Gasteiger partial charge in [0.2, 0.25) is 0 Å². The molecule has 0 saturated carbocycles. The number of hydrogen-bond acceptors (Lipinski definition) is 4. The molecule has 5 nitrogen and oxygen atoms in total. The molecule has 0 spiro atoms. The Labute approximate surface area is 138 Å². The number of hydrogen-bond donors (Lipinski definition) is 2. The molecular formula is C18H28N2O3. The lowest BCUT2D eigenvalue weighted by Crippen LogP contribution is -2.42. The van der Waals surface area contributed by atoms with E-state index in [0.717, 1.165) is 37.2 Å². The first-order valence-corrected chi connectivity index (χ1v) is 8.29. The quantitative estimate of drug-likeness (QED) is 0.895. The summed E-state index contributed by atoms with van der Waals surface area (Å²) in [5.74, 6) is 0.392. The van der Waals surface area contributed by atoms with Gasteiger partial charge in [-0.2, -0.15) is 0 Å². The fraction of sp³-hybridized carbons (Fsp3) is 0.611. The van der Waals surface area contributed by atoms with E-state index in [0.29, 0.717) is 12.5 Å². The number of aliphatic hydroxyl groups is 1. The second-order valence-corrected chi connectivity index (χ2v) is 7.12. The van der Waals surface area contributed by atoms with Crippen LogP contribution in [0.5, 0.6) is 0 Å². The molecule has 2 rings (SSSR count). The summed E-state index contributed by atoms with van der Waals surface area (Å²) in [4.78, 5) is 14.1. The third kappa shape index (κ3) is 5.43. The predicted molar refractivity (Wildman–Crippen MR) is 91.5 cm³/mol. The molecule has 0 aliphatic carbocycles. The van der Waals surface area contributed by atoms with Gasteiger partial charge in [0.05, 0.1) is 6.61 Å². The molecule has 2 N–H and O–H groups in total. The summed E-state index contributed by atoms with van der Waals surface area (Å²) < 4.78 is 5.28. The predicted octanol–water partition coefficient (Wildman–Crippen LogP) is 2.92. The molecule has 23 heavy (non-hydrogen) atoms. The molecule has 1 heterocycles. The van der Waals surface area contributed by atoms with Gasteiger partial charge in [-0.25, -0.2) is 4.79 Å².